The first-order valence-corrected chi connectivity index (χ1v) is 10.1. The van der Waals surface area contributed by atoms with Crippen molar-refractivity contribution in [2.24, 2.45) is 0 Å². The summed E-state index contributed by atoms with van der Waals surface area (Å²) >= 11 is 6.51. The summed E-state index contributed by atoms with van der Waals surface area (Å²) in [5, 5.41) is 2.80. The van der Waals surface area contributed by atoms with Crippen LogP contribution in [0, 0.1) is 0 Å². The summed E-state index contributed by atoms with van der Waals surface area (Å²) in [6.07, 6.45) is 9.44. The summed E-state index contributed by atoms with van der Waals surface area (Å²) < 4.78 is 12.2. The predicted octanol–water partition coefficient (Wildman–Crippen LogP) is 7.41. The van der Waals surface area contributed by atoms with Gasteiger partial charge in [-0.3, -0.25) is 0 Å². The van der Waals surface area contributed by atoms with Crippen molar-refractivity contribution in [3.63, 3.8) is 0 Å². The van der Waals surface area contributed by atoms with E-state index in [2.05, 4.69) is 26.0 Å². The molecular weight excluding hydrogens is 332 g/mol. The minimum Gasteiger partial charge on any atom is -0.489 e. The second kappa shape index (κ2) is 11.3. The number of ether oxygens (including phenoxy) is 2. The lowest BCUT2D eigenvalue weighted by Gasteiger charge is -2.17. The van der Waals surface area contributed by atoms with E-state index in [9.17, 15) is 0 Å². The second-order valence-electron chi connectivity index (χ2n) is 6.56. The summed E-state index contributed by atoms with van der Waals surface area (Å²) in [4.78, 5) is 0. The highest BCUT2D eigenvalue weighted by atomic mass is 35.5. The molecule has 0 saturated heterocycles. The highest BCUT2D eigenvalue weighted by Gasteiger charge is 2.15. The van der Waals surface area contributed by atoms with E-state index in [4.69, 9.17) is 21.1 Å². The molecule has 2 aromatic carbocycles. The average molecular weight is 363 g/mol. The average Bonchev–Trinajstić information content (AvgIpc) is 2.62. The number of unbranched alkanes of at least 4 members (excludes halogenated alkanes) is 6. The molecule has 25 heavy (non-hydrogen) atoms. The highest BCUT2D eigenvalue weighted by molar-refractivity contribution is 6.33. The van der Waals surface area contributed by atoms with Crippen LogP contribution in [0.25, 0.3) is 10.8 Å². The Bertz CT molecular complexity index is 639. The molecule has 2 nitrogen and oxygen atoms in total. The Balaban J connectivity index is 2.12. The third-order valence-corrected chi connectivity index (χ3v) is 4.68. The van der Waals surface area contributed by atoms with Gasteiger partial charge in [0, 0.05) is 5.39 Å². The molecule has 0 aliphatic carbocycles. The van der Waals surface area contributed by atoms with Gasteiger partial charge in [-0.25, -0.2) is 0 Å². The second-order valence-corrected chi connectivity index (χ2v) is 6.96. The minimum absolute atomic E-state index is 0.637. The van der Waals surface area contributed by atoms with Gasteiger partial charge in [0.1, 0.15) is 0 Å². The zero-order valence-electron chi connectivity index (χ0n) is 15.7. The molecule has 0 unspecified atom stereocenters. The zero-order valence-corrected chi connectivity index (χ0v) is 16.4. The third-order valence-electron chi connectivity index (χ3n) is 4.40. The summed E-state index contributed by atoms with van der Waals surface area (Å²) in [7, 11) is 0. The molecule has 138 valence electrons. The molecule has 0 aliphatic heterocycles. The maximum atomic E-state index is 6.51. The molecule has 0 amide bonds. The molecule has 0 spiro atoms. The van der Waals surface area contributed by atoms with E-state index in [1.165, 1.54) is 38.5 Å². The highest BCUT2D eigenvalue weighted by Crippen LogP contribution is 2.42. The first-order valence-electron chi connectivity index (χ1n) is 9.74. The van der Waals surface area contributed by atoms with Crippen molar-refractivity contribution in [1.29, 1.82) is 0 Å². The van der Waals surface area contributed by atoms with Crippen LogP contribution in [0.5, 0.6) is 11.5 Å². The maximum Gasteiger partial charge on any atom is 0.180 e. The van der Waals surface area contributed by atoms with E-state index in [1.807, 2.05) is 18.2 Å². The van der Waals surface area contributed by atoms with Crippen LogP contribution in [0.15, 0.2) is 30.3 Å². The van der Waals surface area contributed by atoms with Gasteiger partial charge in [-0.15, -0.1) is 0 Å². The van der Waals surface area contributed by atoms with Crippen molar-refractivity contribution >= 4 is 22.4 Å². The number of halogens is 1. The van der Waals surface area contributed by atoms with Crippen molar-refractivity contribution in [3.8, 4) is 11.5 Å². The van der Waals surface area contributed by atoms with Gasteiger partial charge in [0.2, 0.25) is 0 Å². The van der Waals surface area contributed by atoms with E-state index < -0.39 is 0 Å². The summed E-state index contributed by atoms with van der Waals surface area (Å²) in [6, 6.07) is 10.2. The Hall–Kier alpha value is -1.41. The molecule has 0 N–H and O–H groups in total. The third kappa shape index (κ3) is 6.11. The fourth-order valence-corrected chi connectivity index (χ4v) is 3.20. The van der Waals surface area contributed by atoms with Gasteiger partial charge in [0.05, 0.1) is 18.2 Å². The van der Waals surface area contributed by atoms with E-state index in [1.54, 1.807) is 0 Å². The van der Waals surface area contributed by atoms with Gasteiger partial charge in [-0.05, 0) is 24.3 Å². The van der Waals surface area contributed by atoms with Gasteiger partial charge in [-0.2, -0.15) is 0 Å². The van der Waals surface area contributed by atoms with Gasteiger partial charge in [0.15, 0.2) is 11.5 Å². The fourth-order valence-electron chi connectivity index (χ4n) is 2.95. The Labute approximate surface area is 157 Å². The van der Waals surface area contributed by atoms with Crippen LogP contribution in [0.2, 0.25) is 5.02 Å². The fraction of sp³-hybridized carbons (Fsp3) is 0.545. The van der Waals surface area contributed by atoms with Crippen molar-refractivity contribution < 1.29 is 9.47 Å². The van der Waals surface area contributed by atoms with E-state index in [0.29, 0.717) is 24.0 Å². The molecule has 0 aromatic heterocycles. The van der Waals surface area contributed by atoms with Crippen LogP contribution in [0.3, 0.4) is 0 Å². The Morgan fingerprint density at radius 1 is 0.760 bits per heavy atom. The standard InChI is InChI=1S/C22H31ClO2/c1-3-5-7-11-15-24-21-19-14-10-9-13-18(19)17-20(23)22(21)25-16-12-8-6-4-2/h9-10,13-14,17H,3-8,11-12,15-16H2,1-2H3. The molecule has 0 fully saturated rings. The quantitative estimate of drug-likeness (QED) is 0.366. The molecule has 2 aromatic rings. The molecule has 0 bridgehead atoms. The summed E-state index contributed by atoms with van der Waals surface area (Å²) in [5.74, 6) is 1.50. The maximum absolute atomic E-state index is 6.51. The monoisotopic (exact) mass is 362 g/mol. The van der Waals surface area contributed by atoms with Crippen molar-refractivity contribution in [3.05, 3.63) is 35.4 Å². The largest absolute Gasteiger partial charge is 0.489 e. The van der Waals surface area contributed by atoms with Gasteiger partial charge in [-0.1, -0.05) is 88.2 Å². The van der Waals surface area contributed by atoms with E-state index >= 15 is 0 Å². The van der Waals surface area contributed by atoms with Gasteiger partial charge in [0.25, 0.3) is 0 Å². The molecule has 0 aliphatic rings. The minimum atomic E-state index is 0.637. The summed E-state index contributed by atoms with van der Waals surface area (Å²) in [5.41, 5.74) is 0. The van der Waals surface area contributed by atoms with Crippen LogP contribution in [0.4, 0.5) is 0 Å². The predicted molar refractivity (Wildman–Crippen MR) is 108 cm³/mol. The lowest BCUT2D eigenvalue weighted by atomic mass is 10.1. The smallest absolute Gasteiger partial charge is 0.180 e. The number of benzene rings is 2. The molecule has 0 saturated carbocycles. The lowest BCUT2D eigenvalue weighted by Crippen LogP contribution is -2.04. The van der Waals surface area contributed by atoms with Crippen molar-refractivity contribution in [1.82, 2.24) is 0 Å². The van der Waals surface area contributed by atoms with Crippen LogP contribution in [-0.2, 0) is 0 Å². The van der Waals surface area contributed by atoms with Crippen molar-refractivity contribution in [2.45, 2.75) is 65.2 Å². The molecule has 0 heterocycles. The summed E-state index contributed by atoms with van der Waals surface area (Å²) in [6.45, 7) is 5.82. The first kappa shape index (κ1) is 19.9. The van der Waals surface area contributed by atoms with Crippen LogP contribution < -0.4 is 9.47 Å². The number of hydrogen-bond acceptors (Lipinski definition) is 2. The van der Waals surface area contributed by atoms with Crippen LogP contribution >= 0.6 is 11.6 Å². The molecule has 3 heteroatoms. The Morgan fingerprint density at radius 3 is 2.00 bits per heavy atom. The lowest BCUT2D eigenvalue weighted by molar-refractivity contribution is 0.261. The van der Waals surface area contributed by atoms with Crippen molar-refractivity contribution in [2.75, 3.05) is 13.2 Å². The van der Waals surface area contributed by atoms with Crippen LogP contribution in [-0.4, -0.2) is 13.2 Å². The molecule has 0 atom stereocenters. The first-order chi connectivity index (χ1) is 12.3. The van der Waals surface area contributed by atoms with Gasteiger partial charge >= 0.3 is 0 Å². The normalized spacial score (nSPS) is 11.0. The Kier molecular flexibility index (Phi) is 8.96. The molecule has 0 radical (unpaired) electrons. The van der Waals surface area contributed by atoms with E-state index in [0.717, 1.165) is 29.4 Å². The molecular formula is C22H31ClO2. The number of fused-ring (bicyclic) bond motifs is 1. The zero-order chi connectivity index (χ0) is 17.9. The molecule has 2 rings (SSSR count). The topological polar surface area (TPSA) is 18.5 Å². The van der Waals surface area contributed by atoms with Crippen LogP contribution in [0.1, 0.15) is 65.2 Å². The SMILES string of the molecule is CCCCCCOc1c(Cl)cc2ccccc2c1OCCCCCC. The van der Waals surface area contributed by atoms with E-state index in [-0.39, 0.29) is 0 Å². The number of rotatable bonds is 12. The number of hydrogen-bond donors (Lipinski definition) is 0. The van der Waals surface area contributed by atoms with Gasteiger partial charge < -0.3 is 9.47 Å². The Morgan fingerprint density at radius 2 is 1.36 bits per heavy atom.